The maximum atomic E-state index is 4.28. The highest BCUT2D eigenvalue weighted by Gasteiger charge is 2.23. The largest absolute Gasteiger partial charge is 0.177 e. The molecule has 0 atom stereocenters. The van der Waals surface area contributed by atoms with E-state index in [1.54, 1.807) is 4.80 Å². The third-order valence-corrected chi connectivity index (χ3v) is 2.10. The Bertz CT molecular complexity index is 262. The summed E-state index contributed by atoms with van der Waals surface area (Å²) in [6.45, 7) is 5.12. The van der Waals surface area contributed by atoms with E-state index in [1.165, 1.54) is 12.8 Å². The van der Waals surface area contributed by atoms with Gasteiger partial charge in [-0.05, 0) is 24.0 Å². The van der Waals surface area contributed by atoms with Crippen LogP contribution in [0.3, 0.4) is 0 Å². The van der Waals surface area contributed by atoms with Gasteiger partial charge in [-0.25, -0.2) is 0 Å². The normalized spacial score (nSPS) is 17.2. The van der Waals surface area contributed by atoms with Crippen LogP contribution in [-0.4, -0.2) is 20.2 Å². The molecule has 1 saturated carbocycles. The molecule has 0 amide bonds. The topological polar surface area (TPSA) is 43.6 Å². The van der Waals surface area contributed by atoms with Crippen LogP contribution < -0.4 is 0 Å². The molecule has 2 rings (SSSR count). The number of rotatable bonds is 3. The van der Waals surface area contributed by atoms with Crippen LogP contribution in [0.1, 0.15) is 38.4 Å². The zero-order valence-electron chi connectivity index (χ0n) is 7.56. The molecule has 0 aliphatic heterocycles. The van der Waals surface area contributed by atoms with Crippen molar-refractivity contribution >= 4 is 0 Å². The molecule has 66 valence electrons. The van der Waals surface area contributed by atoms with Crippen molar-refractivity contribution in [2.24, 2.45) is 5.92 Å². The molecule has 0 N–H and O–H groups in total. The highest BCUT2D eigenvalue weighted by Crippen LogP contribution is 2.29. The number of aromatic nitrogens is 4. The first-order valence-electron chi connectivity index (χ1n) is 4.53. The Morgan fingerprint density at radius 3 is 2.75 bits per heavy atom. The fourth-order valence-electron chi connectivity index (χ4n) is 1.10. The van der Waals surface area contributed by atoms with Gasteiger partial charge in [0.05, 0.1) is 6.54 Å². The van der Waals surface area contributed by atoms with E-state index in [0.717, 1.165) is 18.3 Å². The molecule has 0 unspecified atom stereocenters. The van der Waals surface area contributed by atoms with Crippen molar-refractivity contribution in [3.63, 3.8) is 0 Å². The van der Waals surface area contributed by atoms with Gasteiger partial charge >= 0.3 is 0 Å². The third-order valence-electron chi connectivity index (χ3n) is 2.10. The maximum absolute atomic E-state index is 4.28. The van der Waals surface area contributed by atoms with E-state index in [1.807, 2.05) is 0 Å². The lowest BCUT2D eigenvalue weighted by atomic mass is 10.2. The van der Waals surface area contributed by atoms with E-state index in [2.05, 4.69) is 29.3 Å². The fourth-order valence-corrected chi connectivity index (χ4v) is 1.10. The lowest BCUT2D eigenvalue weighted by molar-refractivity contribution is 0.483. The molecule has 0 spiro atoms. The predicted molar refractivity (Wildman–Crippen MR) is 44.6 cm³/mol. The Hall–Kier alpha value is -0.930. The van der Waals surface area contributed by atoms with Gasteiger partial charge in [0.2, 0.25) is 0 Å². The van der Waals surface area contributed by atoms with Crippen LogP contribution in [-0.2, 0) is 6.54 Å². The molecular weight excluding hydrogens is 152 g/mol. The average Bonchev–Trinajstić information content (AvgIpc) is 2.66. The summed E-state index contributed by atoms with van der Waals surface area (Å²) in [4.78, 5) is 1.73. The molecule has 0 bridgehead atoms. The number of hydrogen-bond donors (Lipinski definition) is 0. The molecule has 0 aromatic carbocycles. The highest BCUT2D eigenvalue weighted by molar-refractivity contribution is 4.85. The van der Waals surface area contributed by atoms with Gasteiger partial charge in [0, 0.05) is 5.92 Å². The summed E-state index contributed by atoms with van der Waals surface area (Å²) >= 11 is 0. The molecule has 1 heterocycles. The smallest absolute Gasteiger partial charge is 0.164 e. The second kappa shape index (κ2) is 2.84. The van der Waals surface area contributed by atoms with Crippen molar-refractivity contribution < 1.29 is 0 Å². The Kier molecular flexibility index (Phi) is 1.83. The molecule has 1 aliphatic carbocycles. The SMILES string of the molecule is CC(C)c1nnn(CC2CC2)n1. The van der Waals surface area contributed by atoms with Crippen LogP contribution in [0.5, 0.6) is 0 Å². The molecule has 4 heteroatoms. The highest BCUT2D eigenvalue weighted by atomic mass is 15.6. The van der Waals surface area contributed by atoms with Crippen molar-refractivity contribution in [1.29, 1.82) is 0 Å². The number of hydrogen-bond acceptors (Lipinski definition) is 3. The Morgan fingerprint density at radius 1 is 1.50 bits per heavy atom. The van der Waals surface area contributed by atoms with Crippen LogP contribution in [0, 0.1) is 5.92 Å². The van der Waals surface area contributed by atoms with Crippen LogP contribution in [0.2, 0.25) is 0 Å². The van der Waals surface area contributed by atoms with Gasteiger partial charge in [-0.15, -0.1) is 10.2 Å². The van der Waals surface area contributed by atoms with E-state index < -0.39 is 0 Å². The molecule has 12 heavy (non-hydrogen) atoms. The molecule has 1 aliphatic rings. The Labute approximate surface area is 72.0 Å². The first-order chi connectivity index (χ1) is 5.75. The second-order valence-corrected chi connectivity index (χ2v) is 3.80. The van der Waals surface area contributed by atoms with Crippen LogP contribution in [0.25, 0.3) is 0 Å². The maximum Gasteiger partial charge on any atom is 0.177 e. The summed E-state index contributed by atoms with van der Waals surface area (Å²) in [7, 11) is 0. The minimum Gasteiger partial charge on any atom is -0.164 e. The summed E-state index contributed by atoms with van der Waals surface area (Å²) in [6, 6.07) is 0. The Morgan fingerprint density at radius 2 is 2.25 bits per heavy atom. The molecule has 4 nitrogen and oxygen atoms in total. The zero-order valence-corrected chi connectivity index (χ0v) is 7.56. The van der Waals surface area contributed by atoms with Gasteiger partial charge in [-0.2, -0.15) is 4.80 Å². The molecule has 1 aromatic rings. The first kappa shape index (κ1) is 7.71. The lowest BCUT2D eigenvalue weighted by Crippen LogP contribution is -2.04. The number of tetrazole rings is 1. The molecule has 1 aromatic heterocycles. The Balaban J connectivity index is 2.02. The predicted octanol–water partition coefficient (Wildman–Crippen LogP) is 1.21. The van der Waals surface area contributed by atoms with E-state index >= 15 is 0 Å². The molecule has 0 saturated heterocycles. The van der Waals surface area contributed by atoms with E-state index in [0.29, 0.717) is 5.92 Å². The summed E-state index contributed by atoms with van der Waals surface area (Å²) in [5.74, 6) is 2.06. The summed E-state index contributed by atoms with van der Waals surface area (Å²) < 4.78 is 0. The van der Waals surface area contributed by atoms with Gasteiger partial charge in [0.25, 0.3) is 0 Å². The van der Waals surface area contributed by atoms with E-state index in [9.17, 15) is 0 Å². The minimum absolute atomic E-state index is 0.387. The summed E-state index contributed by atoms with van der Waals surface area (Å²) in [6.07, 6.45) is 2.66. The molecule has 0 radical (unpaired) electrons. The molecular formula is C8H14N4. The van der Waals surface area contributed by atoms with Gasteiger partial charge in [-0.3, -0.25) is 0 Å². The average molecular weight is 166 g/mol. The van der Waals surface area contributed by atoms with Gasteiger partial charge in [0.15, 0.2) is 5.82 Å². The van der Waals surface area contributed by atoms with Crippen molar-refractivity contribution in [3.05, 3.63) is 5.82 Å². The summed E-state index contributed by atoms with van der Waals surface area (Å²) in [5.41, 5.74) is 0. The lowest BCUT2D eigenvalue weighted by Gasteiger charge is -1.95. The van der Waals surface area contributed by atoms with Gasteiger partial charge < -0.3 is 0 Å². The van der Waals surface area contributed by atoms with Crippen molar-refractivity contribution in [2.45, 2.75) is 39.2 Å². The minimum atomic E-state index is 0.387. The quantitative estimate of drug-likeness (QED) is 0.677. The van der Waals surface area contributed by atoms with Gasteiger partial charge in [-0.1, -0.05) is 13.8 Å². The van der Waals surface area contributed by atoms with Crippen molar-refractivity contribution in [3.8, 4) is 0 Å². The number of nitrogens with zero attached hydrogens (tertiary/aromatic N) is 4. The third kappa shape index (κ3) is 1.62. The first-order valence-corrected chi connectivity index (χ1v) is 4.53. The van der Waals surface area contributed by atoms with Crippen molar-refractivity contribution in [2.75, 3.05) is 0 Å². The van der Waals surface area contributed by atoms with E-state index in [4.69, 9.17) is 0 Å². The standard InChI is InChI=1S/C8H14N4/c1-6(2)8-9-11-12(10-8)5-7-3-4-7/h6-7H,3-5H2,1-2H3. The van der Waals surface area contributed by atoms with E-state index in [-0.39, 0.29) is 0 Å². The van der Waals surface area contributed by atoms with Crippen LogP contribution in [0.4, 0.5) is 0 Å². The second-order valence-electron chi connectivity index (χ2n) is 3.80. The monoisotopic (exact) mass is 166 g/mol. The molecule has 1 fully saturated rings. The summed E-state index contributed by atoms with van der Waals surface area (Å²) in [5, 5.41) is 12.3. The van der Waals surface area contributed by atoms with Crippen molar-refractivity contribution in [1.82, 2.24) is 20.2 Å². The zero-order chi connectivity index (χ0) is 8.55. The van der Waals surface area contributed by atoms with Crippen LogP contribution >= 0.6 is 0 Å². The van der Waals surface area contributed by atoms with Crippen LogP contribution in [0.15, 0.2) is 0 Å². The fraction of sp³-hybridized carbons (Fsp3) is 0.875. The van der Waals surface area contributed by atoms with Gasteiger partial charge in [0.1, 0.15) is 0 Å².